The van der Waals surface area contributed by atoms with E-state index in [1.165, 1.54) is 0 Å². The van der Waals surface area contributed by atoms with Crippen molar-refractivity contribution < 1.29 is 9.90 Å². The van der Waals surface area contributed by atoms with Gasteiger partial charge in [-0.05, 0) is 30.9 Å². The number of aliphatic hydroxyl groups excluding tert-OH is 1. The molecule has 7 nitrogen and oxygen atoms in total. The molecule has 88 valence electrons. The summed E-state index contributed by atoms with van der Waals surface area (Å²) in [4.78, 5) is 13.7. The molecular weight excluding hydrogens is 210 g/mol. The van der Waals surface area contributed by atoms with E-state index in [2.05, 4.69) is 20.6 Å². The number of piperidine rings is 1. The zero-order valence-corrected chi connectivity index (χ0v) is 8.96. The molecule has 1 aromatic heterocycles. The van der Waals surface area contributed by atoms with E-state index in [-0.39, 0.29) is 24.4 Å². The molecule has 16 heavy (non-hydrogen) atoms. The molecule has 1 aliphatic rings. The Morgan fingerprint density at radius 3 is 3.12 bits per heavy atom. The SMILES string of the molecule is O=C(c1nn[nH]n1)N1CCCCC1CCO. The van der Waals surface area contributed by atoms with E-state index in [9.17, 15) is 4.79 Å². The summed E-state index contributed by atoms with van der Waals surface area (Å²) in [6.45, 7) is 0.804. The molecule has 0 aromatic carbocycles. The van der Waals surface area contributed by atoms with Crippen molar-refractivity contribution in [1.82, 2.24) is 25.5 Å². The van der Waals surface area contributed by atoms with Crippen LogP contribution in [0.5, 0.6) is 0 Å². The summed E-state index contributed by atoms with van der Waals surface area (Å²) < 4.78 is 0. The van der Waals surface area contributed by atoms with Crippen LogP contribution in [0, 0.1) is 0 Å². The number of nitrogens with zero attached hydrogens (tertiary/aromatic N) is 4. The van der Waals surface area contributed by atoms with Crippen LogP contribution >= 0.6 is 0 Å². The Morgan fingerprint density at radius 2 is 2.44 bits per heavy atom. The van der Waals surface area contributed by atoms with Crippen molar-refractivity contribution in [3.63, 3.8) is 0 Å². The summed E-state index contributed by atoms with van der Waals surface area (Å²) >= 11 is 0. The van der Waals surface area contributed by atoms with Gasteiger partial charge in [-0.1, -0.05) is 0 Å². The van der Waals surface area contributed by atoms with Crippen molar-refractivity contribution in [2.75, 3.05) is 13.2 Å². The predicted octanol–water partition coefficient (Wildman–Crippen LogP) is -0.423. The van der Waals surface area contributed by atoms with Crippen LogP contribution in [-0.2, 0) is 0 Å². The minimum Gasteiger partial charge on any atom is -0.396 e. The Labute approximate surface area is 92.8 Å². The van der Waals surface area contributed by atoms with Crippen LogP contribution in [-0.4, -0.2) is 55.7 Å². The first-order chi connectivity index (χ1) is 7.83. The predicted molar refractivity (Wildman–Crippen MR) is 54.6 cm³/mol. The number of H-pyrrole nitrogens is 1. The summed E-state index contributed by atoms with van der Waals surface area (Å²) in [5.74, 6) is -0.100. The highest BCUT2D eigenvalue weighted by atomic mass is 16.3. The fraction of sp³-hybridized carbons (Fsp3) is 0.778. The average molecular weight is 225 g/mol. The standard InChI is InChI=1S/C9H15N5O2/c15-6-4-7-3-1-2-5-14(7)9(16)8-10-12-13-11-8/h7,15H,1-6H2,(H,10,11,12,13). The summed E-state index contributed by atoms with van der Waals surface area (Å²) in [6, 6.07) is 0.102. The zero-order chi connectivity index (χ0) is 11.4. The maximum atomic E-state index is 12.0. The Balaban J connectivity index is 2.08. The Hall–Kier alpha value is -1.50. The number of tetrazole rings is 1. The summed E-state index contributed by atoms with van der Waals surface area (Å²) in [5.41, 5.74) is 0. The number of carbonyl (C=O) groups excluding carboxylic acids is 1. The van der Waals surface area contributed by atoms with Crippen LogP contribution in [0.4, 0.5) is 0 Å². The molecule has 2 rings (SSSR count). The van der Waals surface area contributed by atoms with Gasteiger partial charge in [-0.25, -0.2) is 0 Å². The molecule has 0 aliphatic carbocycles. The minimum absolute atomic E-state index is 0.0979. The molecule has 7 heteroatoms. The fourth-order valence-corrected chi connectivity index (χ4v) is 2.10. The number of carbonyl (C=O) groups is 1. The second-order valence-corrected chi connectivity index (χ2v) is 3.90. The molecule has 0 saturated carbocycles. The van der Waals surface area contributed by atoms with Gasteiger partial charge in [0.15, 0.2) is 0 Å². The Bertz CT molecular complexity index is 338. The van der Waals surface area contributed by atoms with Gasteiger partial charge in [-0.15, -0.1) is 10.2 Å². The maximum Gasteiger partial charge on any atom is 0.295 e. The molecule has 1 fully saturated rings. The van der Waals surface area contributed by atoms with Gasteiger partial charge in [0.2, 0.25) is 0 Å². The number of hydrogen-bond donors (Lipinski definition) is 2. The number of nitrogens with one attached hydrogen (secondary N) is 1. The molecule has 1 amide bonds. The van der Waals surface area contributed by atoms with Crippen molar-refractivity contribution in [3.8, 4) is 0 Å². The highest BCUT2D eigenvalue weighted by Gasteiger charge is 2.28. The smallest absolute Gasteiger partial charge is 0.295 e. The van der Waals surface area contributed by atoms with Crippen LogP contribution in [0.3, 0.4) is 0 Å². The van der Waals surface area contributed by atoms with Gasteiger partial charge in [0.05, 0.1) is 0 Å². The number of aliphatic hydroxyl groups is 1. The van der Waals surface area contributed by atoms with E-state index in [4.69, 9.17) is 5.11 Å². The Kier molecular flexibility index (Phi) is 3.45. The molecule has 1 atom stereocenters. The zero-order valence-electron chi connectivity index (χ0n) is 8.96. The molecule has 2 heterocycles. The highest BCUT2D eigenvalue weighted by molar-refractivity contribution is 5.90. The second kappa shape index (κ2) is 5.02. The highest BCUT2D eigenvalue weighted by Crippen LogP contribution is 2.20. The van der Waals surface area contributed by atoms with Crippen LogP contribution < -0.4 is 0 Å². The number of hydrogen-bond acceptors (Lipinski definition) is 5. The lowest BCUT2D eigenvalue weighted by molar-refractivity contribution is 0.0562. The van der Waals surface area contributed by atoms with Gasteiger partial charge in [0.25, 0.3) is 11.7 Å². The van der Waals surface area contributed by atoms with E-state index in [0.29, 0.717) is 13.0 Å². The van der Waals surface area contributed by atoms with Gasteiger partial charge in [0, 0.05) is 19.2 Å². The number of aromatic amines is 1. The van der Waals surface area contributed by atoms with Crippen LogP contribution in [0.15, 0.2) is 0 Å². The van der Waals surface area contributed by atoms with Crippen LogP contribution in [0.25, 0.3) is 0 Å². The molecule has 1 aromatic rings. The van der Waals surface area contributed by atoms with E-state index in [1.807, 2.05) is 0 Å². The van der Waals surface area contributed by atoms with Crippen molar-refractivity contribution in [2.45, 2.75) is 31.7 Å². The lowest BCUT2D eigenvalue weighted by Gasteiger charge is -2.34. The third kappa shape index (κ3) is 2.19. The van der Waals surface area contributed by atoms with Crippen molar-refractivity contribution >= 4 is 5.91 Å². The van der Waals surface area contributed by atoms with Gasteiger partial charge in [0.1, 0.15) is 0 Å². The number of likely N-dealkylation sites (tertiary alicyclic amines) is 1. The summed E-state index contributed by atoms with van der Waals surface area (Å²) in [5, 5.41) is 22.0. The van der Waals surface area contributed by atoms with Gasteiger partial charge < -0.3 is 10.0 Å². The number of rotatable bonds is 3. The molecule has 1 saturated heterocycles. The topological polar surface area (TPSA) is 95.0 Å². The third-order valence-corrected chi connectivity index (χ3v) is 2.89. The molecule has 1 aliphatic heterocycles. The molecule has 0 radical (unpaired) electrons. The second-order valence-electron chi connectivity index (χ2n) is 3.90. The van der Waals surface area contributed by atoms with E-state index >= 15 is 0 Å². The largest absolute Gasteiger partial charge is 0.396 e. The number of amides is 1. The van der Waals surface area contributed by atoms with Gasteiger partial charge in [-0.3, -0.25) is 4.79 Å². The lowest BCUT2D eigenvalue weighted by Crippen LogP contribution is -2.44. The first-order valence-corrected chi connectivity index (χ1v) is 5.48. The fourth-order valence-electron chi connectivity index (χ4n) is 2.10. The quantitative estimate of drug-likeness (QED) is 0.728. The summed E-state index contributed by atoms with van der Waals surface area (Å²) in [7, 11) is 0. The van der Waals surface area contributed by atoms with Gasteiger partial charge in [-0.2, -0.15) is 5.21 Å². The van der Waals surface area contributed by atoms with Crippen LogP contribution in [0.1, 0.15) is 36.3 Å². The van der Waals surface area contributed by atoms with E-state index < -0.39 is 0 Å². The normalized spacial score (nSPS) is 21.1. The van der Waals surface area contributed by atoms with Crippen molar-refractivity contribution in [2.24, 2.45) is 0 Å². The molecular formula is C9H15N5O2. The molecule has 2 N–H and O–H groups in total. The third-order valence-electron chi connectivity index (χ3n) is 2.89. The van der Waals surface area contributed by atoms with E-state index in [1.54, 1.807) is 4.90 Å². The van der Waals surface area contributed by atoms with Gasteiger partial charge >= 0.3 is 0 Å². The minimum atomic E-state index is -0.202. The monoisotopic (exact) mass is 225 g/mol. The average Bonchev–Trinajstić information content (AvgIpc) is 2.83. The van der Waals surface area contributed by atoms with E-state index in [0.717, 1.165) is 19.3 Å². The first-order valence-electron chi connectivity index (χ1n) is 5.48. The first kappa shape index (κ1) is 11.0. The molecule has 0 spiro atoms. The molecule has 1 unspecified atom stereocenters. The Morgan fingerprint density at radius 1 is 1.56 bits per heavy atom. The van der Waals surface area contributed by atoms with Crippen LogP contribution in [0.2, 0.25) is 0 Å². The lowest BCUT2D eigenvalue weighted by atomic mass is 9.99. The number of aromatic nitrogens is 4. The summed E-state index contributed by atoms with van der Waals surface area (Å²) in [6.07, 6.45) is 3.64. The molecule has 0 bridgehead atoms. The van der Waals surface area contributed by atoms with Crippen molar-refractivity contribution in [3.05, 3.63) is 5.82 Å². The maximum absolute atomic E-state index is 12.0. The van der Waals surface area contributed by atoms with Crippen molar-refractivity contribution in [1.29, 1.82) is 0 Å².